The fraction of sp³-hybridized carbons (Fsp3) is 0.263. The standard InChI is InChI=1S/C19H22O2P/c1-2-15-22(16-19-20-13-14-21-19,17-9-5-3-6-10-17)18-11-7-4-8-12-18/h2-12,19H,1,13-16H2/q+1. The first-order chi connectivity index (χ1) is 10.8. The van der Waals surface area contributed by atoms with E-state index < -0.39 is 7.26 Å². The van der Waals surface area contributed by atoms with Crippen LogP contribution in [0.1, 0.15) is 0 Å². The molecule has 0 unspecified atom stereocenters. The Kier molecular flexibility index (Phi) is 5.04. The highest BCUT2D eigenvalue weighted by Crippen LogP contribution is 2.57. The maximum absolute atomic E-state index is 5.77. The molecule has 22 heavy (non-hydrogen) atoms. The van der Waals surface area contributed by atoms with Crippen LogP contribution in [0.4, 0.5) is 0 Å². The van der Waals surface area contributed by atoms with Crippen molar-refractivity contribution < 1.29 is 9.47 Å². The lowest BCUT2D eigenvalue weighted by atomic mass is 10.4. The Bertz CT molecular complexity index is 552. The van der Waals surface area contributed by atoms with E-state index >= 15 is 0 Å². The van der Waals surface area contributed by atoms with Gasteiger partial charge in [0.15, 0.2) is 6.29 Å². The van der Waals surface area contributed by atoms with Gasteiger partial charge in [0.2, 0.25) is 0 Å². The van der Waals surface area contributed by atoms with Gasteiger partial charge in [-0.05, 0) is 24.3 Å². The first-order valence-electron chi connectivity index (χ1n) is 7.67. The molecule has 0 spiro atoms. The minimum atomic E-state index is -1.62. The molecule has 1 fully saturated rings. The summed E-state index contributed by atoms with van der Waals surface area (Å²) in [5.74, 6) is 0. The molecule has 1 aliphatic heterocycles. The monoisotopic (exact) mass is 313 g/mol. The Morgan fingerprint density at radius 3 is 1.86 bits per heavy atom. The molecule has 0 bridgehead atoms. The van der Waals surface area contributed by atoms with E-state index in [-0.39, 0.29) is 6.29 Å². The zero-order valence-electron chi connectivity index (χ0n) is 12.7. The molecular weight excluding hydrogens is 291 g/mol. The molecule has 114 valence electrons. The third-order valence-electron chi connectivity index (χ3n) is 4.09. The van der Waals surface area contributed by atoms with Crippen molar-refractivity contribution in [1.82, 2.24) is 0 Å². The van der Waals surface area contributed by atoms with Gasteiger partial charge in [0, 0.05) is 0 Å². The molecule has 0 radical (unpaired) electrons. The van der Waals surface area contributed by atoms with Crippen LogP contribution in [0.25, 0.3) is 0 Å². The molecule has 1 saturated heterocycles. The zero-order chi connectivity index (χ0) is 15.3. The fourth-order valence-corrected chi connectivity index (χ4v) is 7.00. The Morgan fingerprint density at radius 2 is 1.41 bits per heavy atom. The summed E-state index contributed by atoms with van der Waals surface area (Å²) in [4.78, 5) is 0. The molecule has 0 atom stereocenters. The van der Waals surface area contributed by atoms with Crippen molar-refractivity contribution in [2.75, 3.05) is 25.5 Å². The van der Waals surface area contributed by atoms with Crippen LogP contribution in [0.2, 0.25) is 0 Å². The smallest absolute Gasteiger partial charge is 0.192 e. The highest BCUT2D eigenvalue weighted by atomic mass is 31.2. The first kappa shape index (κ1) is 15.4. The van der Waals surface area contributed by atoms with Crippen LogP contribution in [0, 0.1) is 0 Å². The molecular formula is C19H22O2P+. The van der Waals surface area contributed by atoms with Gasteiger partial charge >= 0.3 is 0 Å². The van der Waals surface area contributed by atoms with Crippen molar-refractivity contribution in [2.24, 2.45) is 0 Å². The molecule has 0 amide bonds. The van der Waals surface area contributed by atoms with Gasteiger partial charge in [-0.1, -0.05) is 49.1 Å². The SMILES string of the molecule is C=CC[P+](CC1OCCO1)(c1ccccc1)c1ccccc1. The van der Waals surface area contributed by atoms with E-state index in [0.717, 1.165) is 12.3 Å². The van der Waals surface area contributed by atoms with E-state index in [0.29, 0.717) is 13.2 Å². The van der Waals surface area contributed by atoms with Crippen molar-refractivity contribution in [3.8, 4) is 0 Å². The zero-order valence-corrected chi connectivity index (χ0v) is 13.6. The summed E-state index contributed by atoms with van der Waals surface area (Å²) in [5.41, 5.74) is 0. The molecule has 2 aromatic rings. The van der Waals surface area contributed by atoms with Crippen LogP contribution in [-0.4, -0.2) is 31.8 Å². The van der Waals surface area contributed by atoms with Gasteiger partial charge in [-0.15, -0.1) is 0 Å². The number of allylic oxidation sites excluding steroid dienone is 1. The summed E-state index contributed by atoms with van der Waals surface area (Å²) < 4.78 is 11.5. The molecule has 2 aromatic carbocycles. The van der Waals surface area contributed by atoms with Crippen molar-refractivity contribution >= 4 is 17.9 Å². The summed E-state index contributed by atoms with van der Waals surface area (Å²) in [6, 6.07) is 21.5. The van der Waals surface area contributed by atoms with Gasteiger partial charge in [-0.3, -0.25) is 0 Å². The topological polar surface area (TPSA) is 18.5 Å². The predicted octanol–water partition coefficient (Wildman–Crippen LogP) is 3.21. The van der Waals surface area contributed by atoms with Gasteiger partial charge in [0.1, 0.15) is 6.16 Å². The molecule has 2 nitrogen and oxygen atoms in total. The van der Waals surface area contributed by atoms with Gasteiger partial charge in [-0.25, -0.2) is 0 Å². The van der Waals surface area contributed by atoms with E-state index in [1.165, 1.54) is 10.6 Å². The van der Waals surface area contributed by atoms with Crippen LogP contribution in [-0.2, 0) is 9.47 Å². The fourth-order valence-electron chi connectivity index (χ4n) is 3.06. The van der Waals surface area contributed by atoms with E-state index in [2.05, 4.69) is 67.2 Å². The van der Waals surface area contributed by atoms with Crippen LogP contribution < -0.4 is 10.6 Å². The largest absolute Gasteiger partial charge is 0.347 e. The summed E-state index contributed by atoms with van der Waals surface area (Å²) >= 11 is 0. The normalized spacial score (nSPS) is 15.8. The minimum Gasteiger partial charge on any atom is -0.347 e. The number of rotatable bonds is 6. The first-order valence-corrected chi connectivity index (χ1v) is 9.83. The number of hydrogen-bond acceptors (Lipinski definition) is 2. The second-order valence-corrected chi connectivity index (χ2v) is 9.16. The lowest BCUT2D eigenvalue weighted by Gasteiger charge is -2.28. The summed E-state index contributed by atoms with van der Waals surface area (Å²) in [5, 5.41) is 2.78. The van der Waals surface area contributed by atoms with Gasteiger partial charge in [-0.2, -0.15) is 0 Å². The van der Waals surface area contributed by atoms with Gasteiger partial charge in [0.05, 0.1) is 37.2 Å². The molecule has 1 heterocycles. The second kappa shape index (κ2) is 7.19. The summed E-state index contributed by atoms with van der Waals surface area (Å²) in [6.07, 6.45) is 3.81. The van der Waals surface area contributed by atoms with Crippen molar-refractivity contribution in [1.29, 1.82) is 0 Å². The van der Waals surface area contributed by atoms with Crippen LogP contribution >= 0.6 is 7.26 Å². The number of ether oxygens (including phenoxy) is 2. The maximum Gasteiger partial charge on any atom is 0.192 e. The van der Waals surface area contributed by atoms with Crippen molar-refractivity contribution in [3.05, 3.63) is 73.3 Å². The second-order valence-electron chi connectivity index (χ2n) is 5.46. The third kappa shape index (κ3) is 3.15. The minimum absolute atomic E-state index is 0.103. The van der Waals surface area contributed by atoms with Gasteiger partial charge < -0.3 is 9.47 Å². The van der Waals surface area contributed by atoms with Crippen molar-refractivity contribution in [3.63, 3.8) is 0 Å². The Hall–Kier alpha value is -1.47. The molecule has 0 N–H and O–H groups in total. The highest BCUT2D eigenvalue weighted by molar-refractivity contribution is 7.89. The molecule has 0 aliphatic carbocycles. The third-order valence-corrected chi connectivity index (χ3v) is 8.47. The van der Waals surface area contributed by atoms with Gasteiger partial charge in [0.25, 0.3) is 0 Å². The summed E-state index contributed by atoms with van der Waals surface area (Å²) in [7, 11) is -1.62. The number of benzene rings is 2. The maximum atomic E-state index is 5.77. The van der Waals surface area contributed by atoms with E-state index in [1.54, 1.807) is 0 Å². The van der Waals surface area contributed by atoms with Crippen LogP contribution in [0.15, 0.2) is 73.3 Å². The van der Waals surface area contributed by atoms with E-state index in [4.69, 9.17) is 9.47 Å². The highest BCUT2D eigenvalue weighted by Gasteiger charge is 2.45. The quantitative estimate of drug-likeness (QED) is 0.602. The van der Waals surface area contributed by atoms with E-state index in [1.807, 2.05) is 6.08 Å². The Morgan fingerprint density at radius 1 is 0.909 bits per heavy atom. The molecule has 3 rings (SSSR count). The molecule has 1 aliphatic rings. The lowest BCUT2D eigenvalue weighted by Crippen LogP contribution is -2.32. The predicted molar refractivity (Wildman–Crippen MR) is 94.7 cm³/mol. The van der Waals surface area contributed by atoms with Crippen molar-refractivity contribution in [2.45, 2.75) is 6.29 Å². The number of hydrogen-bond donors (Lipinski definition) is 0. The Balaban J connectivity index is 2.07. The van der Waals surface area contributed by atoms with Crippen LogP contribution in [0.5, 0.6) is 0 Å². The Labute approximate surface area is 133 Å². The summed E-state index contributed by atoms with van der Waals surface area (Å²) in [6.45, 7) is 5.41. The molecule has 0 saturated carbocycles. The lowest BCUT2D eigenvalue weighted by molar-refractivity contribution is -0.0224. The average Bonchev–Trinajstić information content (AvgIpc) is 3.09. The molecule has 0 aromatic heterocycles. The van der Waals surface area contributed by atoms with E-state index in [9.17, 15) is 0 Å². The molecule has 3 heteroatoms. The average molecular weight is 313 g/mol. The van der Waals surface area contributed by atoms with Crippen LogP contribution in [0.3, 0.4) is 0 Å².